The lowest BCUT2D eigenvalue weighted by Crippen LogP contribution is -2.69. The molecule has 0 bridgehead atoms. The molecule has 2 atom stereocenters. The molecule has 0 saturated carbocycles. The van der Waals surface area contributed by atoms with E-state index in [1.54, 1.807) is 24.9 Å². The molecule has 0 aromatic carbocycles. The molecule has 9 heteroatoms. The predicted octanol–water partition coefficient (Wildman–Crippen LogP) is -0.0826. The third kappa shape index (κ3) is 3.85. The van der Waals surface area contributed by atoms with Gasteiger partial charge in [0.25, 0.3) is 5.91 Å². The number of aryl methyl sites for hydroxylation is 2. The second-order valence-electron chi connectivity index (χ2n) is 7.91. The summed E-state index contributed by atoms with van der Waals surface area (Å²) < 4.78 is 7.58. The van der Waals surface area contributed by atoms with Crippen molar-refractivity contribution in [1.29, 1.82) is 0 Å². The molecule has 27 heavy (non-hydrogen) atoms. The Morgan fingerprint density at radius 1 is 1.37 bits per heavy atom. The molecular weight excluding hydrogens is 352 g/mol. The zero-order chi connectivity index (χ0) is 19.8. The summed E-state index contributed by atoms with van der Waals surface area (Å²) in [7, 11) is 1.76. The smallest absolute Gasteiger partial charge is 0.317 e. The Labute approximate surface area is 158 Å². The number of carboxylic acid groups (broad SMARTS) is 1. The monoisotopic (exact) mass is 380 g/mol. The van der Waals surface area contributed by atoms with E-state index in [-0.39, 0.29) is 12.5 Å². The molecule has 150 valence electrons. The summed E-state index contributed by atoms with van der Waals surface area (Å²) in [4.78, 5) is 25.5. The van der Waals surface area contributed by atoms with Crippen LogP contribution in [0.15, 0.2) is 6.20 Å². The van der Waals surface area contributed by atoms with Gasteiger partial charge in [-0.2, -0.15) is 5.10 Å². The lowest BCUT2D eigenvalue weighted by Gasteiger charge is -2.53. The van der Waals surface area contributed by atoms with E-state index < -0.39 is 23.2 Å². The summed E-state index contributed by atoms with van der Waals surface area (Å²) in [5.41, 5.74) is -0.467. The molecule has 1 spiro atoms. The van der Waals surface area contributed by atoms with Crippen molar-refractivity contribution in [2.45, 2.75) is 50.4 Å². The van der Waals surface area contributed by atoms with E-state index in [2.05, 4.69) is 10.4 Å². The second kappa shape index (κ2) is 7.21. The van der Waals surface area contributed by atoms with Gasteiger partial charge in [0.05, 0.1) is 28.9 Å². The fraction of sp³-hybridized carbons (Fsp3) is 0.722. The average molecular weight is 380 g/mol. The lowest BCUT2D eigenvalue weighted by atomic mass is 9.73. The SMILES string of the molecule is Cc1nn(C)cc1C(=O)N[C@@]1(C)CCOC2(CCN(CC(=O)O)CC2)[C@@H]1O. The van der Waals surface area contributed by atoms with Gasteiger partial charge in [-0.1, -0.05) is 0 Å². The molecule has 1 aromatic heterocycles. The summed E-state index contributed by atoms with van der Waals surface area (Å²) in [5.74, 6) is -1.12. The van der Waals surface area contributed by atoms with E-state index in [9.17, 15) is 14.7 Å². The molecule has 3 rings (SSSR count). The van der Waals surface area contributed by atoms with Gasteiger partial charge in [0, 0.05) is 32.9 Å². The van der Waals surface area contributed by atoms with Gasteiger partial charge < -0.3 is 20.3 Å². The van der Waals surface area contributed by atoms with Crippen LogP contribution >= 0.6 is 0 Å². The van der Waals surface area contributed by atoms with E-state index in [1.165, 1.54) is 0 Å². The first-order valence-electron chi connectivity index (χ1n) is 9.24. The first-order valence-corrected chi connectivity index (χ1v) is 9.24. The van der Waals surface area contributed by atoms with Crippen LogP contribution in [0.4, 0.5) is 0 Å². The number of amides is 1. The largest absolute Gasteiger partial charge is 0.480 e. The van der Waals surface area contributed by atoms with Crippen LogP contribution in [0.3, 0.4) is 0 Å². The normalized spacial score (nSPS) is 28.2. The van der Waals surface area contributed by atoms with Crippen LogP contribution in [0.5, 0.6) is 0 Å². The minimum Gasteiger partial charge on any atom is -0.480 e. The maximum atomic E-state index is 12.8. The highest BCUT2D eigenvalue weighted by Gasteiger charge is 2.54. The molecule has 0 radical (unpaired) electrons. The van der Waals surface area contributed by atoms with Crippen molar-refractivity contribution in [2.24, 2.45) is 7.05 Å². The number of ether oxygens (including phenoxy) is 1. The van der Waals surface area contributed by atoms with Crippen molar-refractivity contribution < 1.29 is 24.5 Å². The first-order chi connectivity index (χ1) is 12.7. The predicted molar refractivity (Wildman–Crippen MR) is 96.4 cm³/mol. The molecule has 2 aliphatic heterocycles. The number of aliphatic hydroxyl groups is 1. The van der Waals surface area contributed by atoms with Crippen LogP contribution in [-0.4, -0.2) is 80.3 Å². The molecule has 0 unspecified atom stereocenters. The average Bonchev–Trinajstić information content (AvgIpc) is 2.93. The van der Waals surface area contributed by atoms with Crippen molar-refractivity contribution in [3.63, 3.8) is 0 Å². The molecule has 2 aliphatic rings. The Morgan fingerprint density at radius 3 is 2.59 bits per heavy atom. The second-order valence-corrected chi connectivity index (χ2v) is 7.91. The molecule has 1 aromatic rings. The number of nitrogens with zero attached hydrogens (tertiary/aromatic N) is 3. The Morgan fingerprint density at radius 2 is 2.04 bits per heavy atom. The van der Waals surface area contributed by atoms with Crippen LogP contribution in [0.25, 0.3) is 0 Å². The minimum atomic E-state index is -0.883. The number of hydrogen-bond acceptors (Lipinski definition) is 6. The van der Waals surface area contributed by atoms with E-state index >= 15 is 0 Å². The Balaban J connectivity index is 1.72. The fourth-order valence-corrected chi connectivity index (χ4v) is 4.24. The third-order valence-electron chi connectivity index (χ3n) is 5.83. The quantitative estimate of drug-likeness (QED) is 0.669. The number of nitrogens with one attached hydrogen (secondary N) is 1. The zero-order valence-electron chi connectivity index (χ0n) is 16.1. The molecule has 1 amide bonds. The number of rotatable bonds is 4. The number of aliphatic hydroxyl groups excluding tert-OH is 1. The number of aliphatic carboxylic acids is 1. The highest BCUT2D eigenvalue weighted by Crippen LogP contribution is 2.40. The Kier molecular flexibility index (Phi) is 5.29. The number of piperidine rings is 1. The lowest BCUT2D eigenvalue weighted by molar-refractivity contribution is -0.205. The van der Waals surface area contributed by atoms with Crippen molar-refractivity contribution in [1.82, 2.24) is 20.0 Å². The molecule has 3 N–H and O–H groups in total. The van der Waals surface area contributed by atoms with Gasteiger partial charge in [-0.15, -0.1) is 0 Å². The molecule has 2 fully saturated rings. The van der Waals surface area contributed by atoms with Crippen molar-refractivity contribution in [3.05, 3.63) is 17.5 Å². The summed E-state index contributed by atoms with van der Waals surface area (Å²) in [6.45, 7) is 5.11. The standard InChI is InChI=1S/C18H28N4O5/c1-12-13(10-21(3)20-12)15(25)19-17(2)6-9-27-18(16(17)26)4-7-22(8-5-18)11-14(23)24/h10,16,26H,4-9,11H2,1-3H3,(H,19,25)(H,23,24)/t16-,17+/m1/s1. The van der Waals surface area contributed by atoms with Crippen molar-refractivity contribution >= 4 is 11.9 Å². The fourth-order valence-electron chi connectivity index (χ4n) is 4.24. The zero-order valence-corrected chi connectivity index (χ0v) is 16.1. The van der Waals surface area contributed by atoms with Gasteiger partial charge in [-0.25, -0.2) is 0 Å². The molecule has 0 aliphatic carbocycles. The van der Waals surface area contributed by atoms with Gasteiger partial charge in [-0.05, 0) is 33.1 Å². The summed E-state index contributed by atoms with van der Waals surface area (Å²) >= 11 is 0. The first kappa shape index (κ1) is 19.8. The van der Waals surface area contributed by atoms with Crippen LogP contribution in [0.1, 0.15) is 42.2 Å². The number of carboxylic acids is 1. The topological polar surface area (TPSA) is 117 Å². The van der Waals surface area contributed by atoms with Crippen LogP contribution in [0, 0.1) is 6.92 Å². The van der Waals surface area contributed by atoms with Gasteiger partial charge in [0.15, 0.2) is 0 Å². The molecular formula is C18H28N4O5. The van der Waals surface area contributed by atoms with E-state index in [0.717, 1.165) is 0 Å². The Bertz CT molecular complexity index is 725. The number of carbonyl (C=O) groups is 2. The van der Waals surface area contributed by atoms with Gasteiger partial charge in [0.1, 0.15) is 6.10 Å². The van der Waals surface area contributed by atoms with E-state index in [0.29, 0.717) is 50.2 Å². The number of likely N-dealkylation sites (tertiary alicyclic amines) is 1. The minimum absolute atomic E-state index is 0.0134. The number of carbonyl (C=O) groups excluding carboxylic acids is 1. The highest BCUT2D eigenvalue weighted by molar-refractivity contribution is 5.95. The Hall–Kier alpha value is -1.97. The number of aromatic nitrogens is 2. The maximum Gasteiger partial charge on any atom is 0.317 e. The van der Waals surface area contributed by atoms with E-state index in [4.69, 9.17) is 9.84 Å². The van der Waals surface area contributed by atoms with Gasteiger partial charge >= 0.3 is 5.97 Å². The maximum absolute atomic E-state index is 12.8. The van der Waals surface area contributed by atoms with Crippen LogP contribution in [0.2, 0.25) is 0 Å². The summed E-state index contributed by atoms with van der Waals surface area (Å²) in [6.07, 6.45) is 2.34. The van der Waals surface area contributed by atoms with Crippen LogP contribution in [-0.2, 0) is 16.6 Å². The summed E-state index contributed by atoms with van der Waals surface area (Å²) in [5, 5.41) is 27.3. The van der Waals surface area contributed by atoms with E-state index in [1.807, 2.05) is 11.8 Å². The van der Waals surface area contributed by atoms with Gasteiger partial charge in [-0.3, -0.25) is 19.2 Å². The van der Waals surface area contributed by atoms with Crippen molar-refractivity contribution in [2.75, 3.05) is 26.2 Å². The summed E-state index contributed by atoms with van der Waals surface area (Å²) in [6, 6.07) is 0. The number of hydrogen-bond donors (Lipinski definition) is 3. The van der Waals surface area contributed by atoms with Gasteiger partial charge in [0.2, 0.25) is 0 Å². The van der Waals surface area contributed by atoms with Crippen molar-refractivity contribution in [3.8, 4) is 0 Å². The third-order valence-corrected chi connectivity index (χ3v) is 5.83. The molecule has 9 nitrogen and oxygen atoms in total. The highest BCUT2D eigenvalue weighted by atomic mass is 16.5. The van der Waals surface area contributed by atoms with Crippen LogP contribution < -0.4 is 5.32 Å². The molecule has 2 saturated heterocycles. The molecule has 3 heterocycles.